The molecule has 1 amide bonds. The number of aromatic nitrogens is 2. The highest BCUT2D eigenvalue weighted by molar-refractivity contribution is 5.92. The van der Waals surface area contributed by atoms with Crippen LogP contribution in [-0.4, -0.2) is 73.9 Å². The van der Waals surface area contributed by atoms with Crippen LogP contribution in [0.1, 0.15) is 30.5 Å². The Morgan fingerprint density at radius 2 is 1.97 bits per heavy atom. The number of nitrogens with two attached hydrogens (primary N) is 2. The number of hydrogen-bond donors (Lipinski definition) is 2. The molecule has 1 saturated heterocycles. The van der Waals surface area contributed by atoms with Crippen molar-refractivity contribution in [1.29, 1.82) is 5.26 Å². The quantitative estimate of drug-likeness (QED) is 0.389. The normalized spacial score (nSPS) is 16.2. The lowest BCUT2D eigenvalue weighted by Crippen LogP contribution is -2.54. The van der Waals surface area contributed by atoms with E-state index in [4.69, 9.17) is 30.9 Å². The number of fused-ring (bicyclic) bond motifs is 1. The number of carbonyl (C=O) groups is 1. The number of benzene rings is 2. The molecule has 39 heavy (non-hydrogen) atoms. The first-order valence-corrected chi connectivity index (χ1v) is 12.5. The zero-order chi connectivity index (χ0) is 28.1. The Hall–Kier alpha value is -4.21. The number of hydrogen-bond acceptors (Lipinski definition) is 10. The summed E-state index contributed by atoms with van der Waals surface area (Å²) in [4.78, 5) is 25.6. The molecule has 3 aromatic rings. The minimum absolute atomic E-state index is 0.0183. The van der Waals surface area contributed by atoms with Crippen LogP contribution in [0.2, 0.25) is 0 Å². The highest BCUT2D eigenvalue weighted by Crippen LogP contribution is 2.38. The predicted molar refractivity (Wildman–Crippen MR) is 144 cm³/mol. The van der Waals surface area contributed by atoms with Crippen molar-refractivity contribution in [2.75, 3.05) is 57.7 Å². The Balaban J connectivity index is 1.50. The van der Waals surface area contributed by atoms with Gasteiger partial charge < -0.3 is 35.5 Å². The molecule has 1 aromatic heterocycles. The van der Waals surface area contributed by atoms with Gasteiger partial charge in [0.15, 0.2) is 17.3 Å². The molecule has 206 valence electrons. The van der Waals surface area contributed by atoms with E-state index in [0.717, 1.165) is 5.56 Å². The van der Waals surface area contributed by atoms with Crippen LogP contribution in [0.15, 0.2) is 30.3 Å². The summed E-state index contributed by atoms with van der Waals surface area (Å²) < 4.78 is 31.4. The highest BCUT2D eigenvalue weighted by Gasteiger charge is 2.30. The molecule has 2 aromatic carbocycles. The van der Waals surface area contributed by atoms with Gasteiger partial charge in [0.25, 0.3) is 0 Å². The number of amides is 1. The molecule has 0 spiro atoms. The van der Waals surface area contributed by atoms with Crippen LogP contribution in [0, 0.1) is 17.1 Å². The molecule has 0 saturated carbocycles. The van der Waals surface area contributed by atoms with Gasteiger partial charge in [-0.15, -0.1) is 0 Å². The molecule has 0 radical (unpaired) electrons. The molecular formula is C27H32FN7O4. The lowest BCUT2D eigenvalue weighted by atomic mass is 10.0. The number of ether oxygens (including phenoxy) is 3. The van der Waals surface area contributed by atoms with Gasteiger partial charge in [-0.2, -0.15) is 10.2 Å². The van der Waals surface area contributed by atoms with Crippen molar-refractivity contribution in [3.8, 4) is 17.6 Å². The molecule has 1 aliphatic heterocycles. The second kappa shape index (κ2) is 12.1. The lowest BCUT2D eigenvalue weighted by Gasteiger charge is -2.40. The van der Waals surface area contributed by atoms with Crippen molar-refractivity contribution in [3.05, 3.63) is 47.3 Å². The average Bonchev–Trinajstić information content (AvgIpc) is 2.94. The Bertz CT molecular complexity index is 1380. The van der Waals surface area contributed by atoms with Gasteiger partial charge in [-0.25, -0.2) is 9.37 Å². The van der Waals surface area contributed by atoms with Gasteiger partial charge in [-0.05, 0) is 30.7 Å². The fourth-order valence-electron chi connectivity index (χ4n) is 4.56. The van der Waals surface area contributed by atoms with Crippen LogP contribution < -0.4 is 25.8 Å². The maximum absolute atomic E-state index is 15.5. The number of rotatable bonds is 9. The van der Waals surface area contributed by atoms with Crippen LogP contribution in [0.4, 0.5) is 16.2 Å². The summed E-state index contributed by atoms with van der Waals surface area (Å²) >= 11 is 0. The molecule has 11 nitrogen and oxygen atoms in total. The summed E-state index contributed by atoms with van der Waals surface area (Å²) in [5.41, 5.74) is 13.8. The van der Waals surface area contributed by atoms with E-state index in [2.05, 4.69) is 16.0 Å². The fraction of sp³-hybridized carbons (Fsp3) is 0.407. The van der Waals surface area contributed by atoms with Gasteiger partial charge in [0.1, 0.15) is 17.9 Å². The summed E-state index contributed by atoms with van der Waals surface area (Å²) in [6.07, 6.45) is 0.136. The van der Waals surface area contributed by atoms with Gasteiger partial charge in [-0.1, -0.05) is 12.1 Å². The Morgan fingerprint density at radius 1 is 1.23 bits per heavy atom. The number of nitriles is 1. The molecule has 0 aliphatic carbocycles. The first-order chi connectivity index (χ1) is 18.8. The third-order valence-corrected chi connectivity index (χ3v) is 6.72. The van der Waals surface area contributed by atoms with E-state index in [-0.39, 0.29) is 60.4 Å². The lowest BCUT2D eigenvalue weighted by molar-refractivity contribution is -0.132. The molecular weight excluding hydrogens is 505 g/mol. The van der Waals surface area contributed by atoms with Gasteiger partial charge in [0.2, 0.25) is 11.9 Å². The summed E-state index contributed by atoms with van der Waals surface area (Å²) in [5, 5.41) is 9.28. The third-order valence-electron chi connectivity index (χ3n) is 6.72. The first kappa shape index (κ1) is 27.8. The Morgan fingerprint density at radius 3 is 2.62 bits per heavy atom. The molecule has 2 heterocycles. The monoisotopic (exact) mass is 537 g/mol. The van der Waals surface area contributed by atoms with Crippen molar-refractivity contribution in [3.63, 3.8) is 0 Å². The van der Waals surface area contributed by atoms with E-state index >= 15 is 4.39 Å². The minimum Gasteiger partial charge on any atom is -0.493 e. The standard InChI is InChI=1S/C27H32FN7O4/c1-16-15-34(22(36)13-20(30)18-6-4-17(14-29)5-7-18)8-9-35(16)27-32-24-19(26(31)33-27)12-21(38-3)25(23(24)28)39-11-10-37-2/h4-7,12,16,20H,8-11,13,15,30H2,1-3H3,(H2,31,32,33)/t16?,20-/m1/s1. The smallest absolute Gasteiger partial charge is 0.228 e. The van der Waals surface area contributed by atoms with Gasteiger partial charge in [0, 0.05) is 50.6 Å². The fourth-order valence-corrected chi connectivity index (χ4v) is 4.56. The number of anilines is 2. The Labute approximate surface area is 226 Å². The maximum Gasteiger partial charge on any atom is 0.228 e. The van der Waals surface area contributed by atoms with Crippen LogP contribution in [0.25, 0.3) is 10.9 Å². The Kier molecular flexibility index (Phi) is 8.63. The number of halogens is 1. The number of nitrogen functional groups attached to an aromatic ring is 1. The molecule has 12 heteroatoms. The zero-order valence-electron chi connectivity index (χ0n) is 22.2. The van der Waals surface area contributed by atoms with E-state index in [1.807, 2.05) is 11.8 Å². The summed E-state index contributed by atoms with van der Waals surface area (Å²) in [6.45, 7) is 3.60. The second-order valence-corrected chi connectivity index (χ2v) is 9.29. The van der Waals surface area contributed by atoms with Crippen molar-refractivity contribution in [2.45, 2.75) is 25.4 Å². The molecule has 0 bridgehead atoms. The summed E-state index contributed by atoms with van der Waals surface area (Å²) in [7, 11) is 2.94. The average molecular weight is 538 g/mol. The topological polar surface area (TPSA) is 153 Å². The third kappa shape index (κ3) is 5.94. The number of piperazine rings is 1. The van der Waals surface area contributed by atoms with Crippen LogP contribution >= 0.6 is 0 Å². The number of nitrogens with zero attached hydrogens (tertiary/aromatic N) is 5. The molecule has 1 fully saturated rings. The highest BCUT2D eigenvalue weighted by atomic mass is 19.1. The summed E-state index contributed by atoms with van der Waals surface area (Å²) in [5.74, 6) is -0.301. The van der Waals surface area contributed by atoms with E-state index in [1.165, 1.54) is 14.2 Å². The maximum atomic E-state index is 15.5. The van der Waals surface area contributed by atoms with Crippen LogP contribution in [0.3, 0.4) is 0 Å². The molecule has 2 atom stereocenters. The van der Waals surface area contributed by atoms with Crippen molar-refractivity contribution >= 4 is 28.6 Å². The van der Waals surface area contributed by atoms with Gasteiger partial charge in [0.05, 0.1) is 25.3 Å². The van der Waals surface area contributed by atoms with E-state index in [1.54, 1.807) is 35.2 Å². The number of methoxy groups -OCH3 is 2. The predicted octanol–water partition coefficient (Wildman–Crippen LogP) is 2.38. The van der Waals surface area contributed by atoms with E-state index in [9.17, 15) is 4.79 Å². The van der Waals surface area contributed by atoms with Crippen LogP contribution in [-0.2, 0) is 9.53 Å². The second-order valence-electron chi connectivity index (χ2n) is 9.29. The van der Waals surface area contributed by atoms with E-state index < -0.39 is 11.9 Å². The van der Waals surface area contributed by atoms with Crippen molar-refractivity contribution in [1.82, 2.24) is 14.9 Å². The SMILES string of the molecule is COCCOc1c(OC)cc2c(N)nc(N3CCN(C(=O)C[C@@H](N)c4ccc(C#N)cc4)CC3C)nc2c1F. The van der Waals surface area contributed by atoms with Crippen molar-refractivity contribution < 1.29 is 23.4 Å². The number of carbonyl (C=O) groups excluding carboxylic acids is 1. The molecule has 4 N–H and O–H groups in total. The van der Waals surface area contributed by atoms with Gasteiger partial charge in [-0.3, -0.25) is 4.79 Å². The summed E-state index contributed by atoms with van der Waals surface area (Å²) in [6, 6.07) is 9.87. The van der Waals surface area contributed by atoms with E-state index in [0.29, 0.717) is 30.6 Å². The molecule has 1 unspecified atom stereocenters. The molecule has 1 aliphatic rings. The van der Waals surface area contributed by atoms with Crippen LogP contribution in [0.5, 0.6) is 11.5 Å². The van der Waals surface area contributed by atoms with Gasteiger partial charge >= 0.3 is 0 Å². The minimum atomic E-state index is -0.700. The zero-order valence-corrected chi connectivity index (χ0v) is 22.2. The first-order valence-electron chi connectivity index (χ1n) is 12.5. The van der Waals surface area contributed by atoms with Crippen molar-refractivity contribution in [2.24, 2.45) is 5.73 Å². The molecule has 4 rings (SSSR count). The largest absolute Gasteiger partial charge is 0.493 e.